The van der Waals surface area contributed by atoms with E-state index in [1.165, 1.54) is 11.1 Å². The van der Waals surface area contributed by atoms with Crippen LogP contribution in [0, 0.1) is 24.7 Å². The molecule has 0 spiro atoms. The molecule has 5 atom stereocenters. The molecule has 5 heteroatoms. The van der Waals surface area contributed by atoms with Crippen molar-refractivity contribution in [2.24, 2.45) is 17.8 Å². The van der Waals surface area contributed by atoms with E-state index in [1.807, 2.05) is 52.1 Å². The second-order valence-corrected chi connectivity index (χ2v) is 10.8. The third kappa shape index (κ3) is 7.02. The van der Waals surface area contributed by atoms with Gasteiger partial charge in [-0.15, -0.1) is 0 Å². The Kier molecular flexibility index (Phi) is 8.54. The number of fused-ring (bicyclic) bond motifs is 1. The first-order chi connectivity index (χ1) is 15.5. The zero-order valence-corrected chi connectivity index (χ0v) is 20.8. The number of hydrogen-bond acceptors (Lipinski definition) is 4. The van der Waals surface area contributed by atoms with Crippen LogP contribution in [-0.2, 0) is 16.0 Å². The van der Waals surface area contributed by atoms with Crippen molar-refractivity contribution in [1.82, 2.24) is 4.90 Å². The van der Waals surface area contributed by atoms with Crippen molar-refractivity contribution in [3.63, 3.8) is 0 Å². The summed E-state index contributed by atoms with van der Waals surface area (Å²) in [6.07, 6.45) is 7.83. The standard InChI is InChI=1S/C28H41NO4/c1-19-7-6-8-20(13-19)15-23(30)9-10-24-25-16-21(14-22(25)17-26(24)31)18-33-12-11-27(32)29(5)28(2,3)4/h6-10,13-14,22-26,30-31H,11-12,15-18H2,1-5H3/t22-,23-,24+,25-,26+/m0/s1. The molecule has 5 nitrogen and oxygen atoms in total. The van der Waals surface area contributed by atoms with Crippen LogP contribution in [0.5, 0.6) is 0 Å². The van der Waals surface area contributed by atoms with Crippen LogP contribution in [0.3, 0.4) is 0 Å². The fourth-order valence-electron chi connectivity index (χ4n) is 5.02. The number of ether oxygens (including phenoxy) is 1. The number of benzene rings is 1. The summed E-state index contributed by atoms with van der Waals surface area (Å²) in [6, 6.07) is 8.20. The first kappa shape index (κ1) is 25.7. The molecule has 33 heavy (non-hydrogen) atoms. The van der Waals surface area contributed by atoms with Crippen molar-refractivity contribution < 1.29 is 19.7 Å². The number of rotatable bonds is 9. The molecule has 1 aromatic rings. The molecule has 2 N–H and O–H groups in total. The topological polar surface area (TPSA) is 70.0 Å². The highest BCUT2D eigenvalue weighted by molar-refractivity contribution is 5.76. The highest BCUT2D eigenvalue weighted by Gasteiger charge is 2.43. The van der Waals surface area contributed by atoms with Gasteiger partial charge in [0, 0.05) is 24.9 Å². The number of allylic oxidation sites excluding steroid dienone is 1. The van der Waals surface area contributed by atoms with Gasteiger partial charge in [-0.3, -0.25) is 4.79 Å². The maximum absolute atomic E-state index is 12.3. The van der Waals surface area contributed by atoms with Gasteiger partial charge in [0.05, 0.1) is 31.8 Å². The molecule has 0 bridgehead atoms. The molecular formula is C28H41NO4. The Hall–Kier alpha value is -1.95. The molecule has 2 aliphatic carbocycles. The maximum atomic E-state index is 12.3. The molecule has 1 saturated carbocycles. The van der Waals surface area contributed by atoms with E-state index < -0.39 is 6.10 Å². The summed E-state index contributed by atoms with van der Waals surface area (Å²) < 4.78 is 5.82. The average Bonchev–Trinajstić information content (AvgIpc) is 3.24. The van der Waals surface area contributed by atoms with Crippen LogP contribution in [-0.4, -0.2) is 59.0 Å². The molecule has 1 amide bonds. The van der Waals surface area contributed by atoms with Crippen LogP contribution in [0.4, 0.5) is 0 Å². The molecule has 182 valence electrons. The molecule has 1 fully saturated rings. The molecular weight excluding hydrogens is 414 g/mol. The highest BCUT2D eigenvalue weighted by atomic mass is 16.5. The summed E-state index contributed by atoms with van der Waals surface area (Å²) in [4.78, 5) is 14.0. The van der Waals surface area contributed by atoms with Gasteiger partial charge in [-0.25, -0.2) is 0 Å². The molecule has 3 rings (SSSR count). The van der Waals surface area contributed by atoms with Crippen molar-refractivity contribution in [2.45, 2.75) is 71.1 Å². The third-order valence-electron chi connectivity index (χ3n) is 7.16. The number of aliphatic hydroxyl groups is 2. The predicted molar refractivity (Wildman–Crippen MR) is 132 cm³/mol. The molecule has 0 heterocycles. The predicted octanol–water partition coefficient (Wildman–Crippen LogP) is 4.06. The molecule has 1 aromatic carbocycles. The van der Waals surface area contributed by atoms with Gasteiger partial charge in [-0.05, 0) is 63.5 Å². The highest BCUT2D eigenvalue weighted by Crippen LogP contribution is 2.47. The zero-order chi connectivity index (χ0) is 24.2. The Morgan fingerprint density at radius 2 is 2.09 bits per heavy atom. The Morgan fingerprint density at radius 3 is 2.79 bits per heavy atom. The summed E-state index contributed by atoms with van der Waals surface area (Å²) in [5.74, 6) is 0.862. The van der Waals surface area contributed by atoms with Crippen molar-refractivity contribution in [3.05, 3.63) is 59.2 Å². The largest absolute Gasteiger partial charge is 0.392 e. The number of carbonyl (C=O) groups excluding carboxylic acids is 1. The third-order valence-corrected chi connectivity index (χ3v) is 7.16. The lowest BCUT2D eigenvalue weighted by molar-refractivity contribution is -0.135. The van der Waals surface area contributed by atoms with E-state index in [0.717, 1.165) is 18.4 Å². The first-order valence-corrected chi connectivity index (χ1v) is 12.2. The quantitative estimate of drug-likeness (QED) is 0.435. The van der Waals surface area contributed by atoms with Crippen molar-refractivity contribution in [1.29, 1.82) is 0 Å². The van der Waals surface area contributed by atoms with Gasteiger partial charge < -0.3 is 19.8 Å². The summed E-state index contributed by atoms with van der Waals surface area (Å²) >= 11 is 0. The lowest BCUT2D eigenvalue weighted by Crippen LogP contribution is -2.42. The zero-order valence-electron chi connectivity index (χ0n) is 20.8. The number of hydrogen-bond donors (Lipinski definition) is 2. The van der Waals surface area contributed by atoms with E-state index in [4.69, 9.17) is 4.74 Å². The van der Waals surface area contributed by atoms with E-state index in [2.05, 4.69) is 25.1 Å². The number of amides is 1. The van der Waals surface area contributed by atoms with Gasteiger partial charge in [0.15, 0.2) is 0 Å². The monoisotopic (exact) mass is 455 g/mol. The van der Waals surface area contributed by atoms with Gasteiger partial charge >= 0.3 is 0 Å². The number of aryl methyl sites for hydroxylation is 1. The van der Waals surface area contributed by atoms with Gasteiger partial charge in [-0.1, -0.05) is 48.1 Å². The van der Waals surface area contributed by atoms with Crippen LogP contribution in [0.25, 0.3) is 0 Å². The summed E-state index contributed by atoms with van der Waals surface area (Å²) in [6.45, 7) is 9.08. The molecule has 2 aliphatic rings. The second kappa shape index (κ2) is 11.0. The van der Waals surface area contributed by atoms with Crippen molar-refractivity contribution in [2.75, 3.05) is 20.3 Å². The lowest BCUT2D eigenvalue weighted by atomic mass is 9.89. The van der Waals surface area contributed by atoms with E-state index in [1.54, 1.807) is 4.90 Å². The van der Waals surface area contributed by atoms with E-state index in [9.17, 15) is 15.0 Å². The lowest BCUT2D eigenvalue weighted by Gasteiger charge is -2.32. The number of aliphatic hydroxyl groups excluding tert-OH is 2. The summed E-state index contributed by atoms with van der Waals surface area (Å²) in [5.41, 5.74) is 3.38. The minimum atomic E-state index is -0.556. The molecule has 0 aliphatic heterocycles. The molecule has 0 aromatic heterocycles. The molecule has 0 saturated heterocycles. The fourth-order valence-corrected chi connectivity index (χ4v) is 5.02. The fraction of sp³-hybridized carbons (Fsp3) is 0.607. The molecule has 0 unspecified atom stereocenters. The minimum Gasteiger partial charge on any atom is -0.392 e. The Bertz CT molecular complexity index is 869. The van der Waals surface area contributed by atoms with Crippen LogP contribution in [0.15, 0.2) is 48.1 Å². The normalized spacial score (nSPS) is 25.8. The van der Waals surface area contributed by atoms with E-state index >= 15 is 0 Å². The SMILES string of the molecule is Cc1cccc(C[C@@H](O)C=C[C@@H]2[C@H]3CC(COCCC(=O)N(C)C(C)(C)C)=C[C@H]3C[C@H]2O)c1. The van der Waals surface area contributed by atoms with Crippen LogP contribution in [0.1, 0.15) is 51.2 Å². The van der Waals surface area contributed by atoms with Crippen LogP contribution >= 0.6 is 0 Å². The molecule has 0 radical (unpaired) electrons. The summed E-state index contributed by atoms with van der Waals surface area (Å²) in [7, 11) is 1.83. The van der Waals surface area contributed by atoms with Gasteiger partial charge in [0.1, 0.15) is 0 Å². The Labute approximate surface area is 199 Å². The Morgan fingerprint density at radius 1 is 1.33 bits per heavy atom. The van der Waals surface area contributed by atoms with Crippen LogP contribution in [0.2, 0.25) is 0 Å². The van der Waals surface area contributed by atoms with Gasteiger partial charge in [0.2, 0.25) is 5.91 Å². The smallest absolute Gasteiger partial charge is 0.225 e. The number of carbonyl (C=O) groups is 1. The van der Waals surface area contributed by atoms with E-state index in [0.29, 0.717) is 37.9 Å². The first-order valence-electron chi connectivity index (χ1n) is 12.2. The Balaban J connectivity index is 1.45. The minimum absolute atomic E-state index is 0.0536. The van der Waals surface area contributed by atoms with Gasteiger partial charge in [-0.2, -0.15) is 0 Å². The van der Waals surface area contributed by atoms with Crippen molar-refractivity contribution in [3.8, 4) is 0 Å². The van der Waals surface area contributed by atoms with Gasteiger partial charge in [0.25, 0.3) is 0 Å². The summed E-state index contributed by atoms with van der Waals surface area (Å²) in [5, 5.41) is 21.1. The van der Waals surface area contributed by atoms with Crippen molar-refractivity contribution >= 4 is 5.91 Å². The van der Waals surface area contributed by atoms with Crippen LogP contribution < -0.4 is 0 Å². The average molecular weight is 456 g/mol. The van der Waals surface area contributed by atoms with E-state index in [-0.39, 0.29) is 23.5 Å². The number of nitrogens with zero attached hydrogens (tertiary/aromatic N) is 1. The maximum Gasteiger partial charge on any atom is 0.225 e. The second-order valence-electron chi connectivity index (χ2n) is 10.8.